The van der Waals surface area contributed by atoms with Crippen LogP contribution in [0.25, 0.3) is 10.4 Å². The van der Waals surface area contributed by atoms with Gasteiger partial charge in [-0.15, -0.1) is 11.3 Å². The van der Waals surface area contributed by atoms with Crippen LogP contribution < -0.4 is 5.32 Å². The molecule has 100 valence electrons. The number of benzene rings is 1. The Labute approximate surface area is 116 Å². The molecule has 0 bridgehead atoms. The van der Waals surface area contributed by atoms with Gasteiger partial charge in [0.15, 0.2) is 0 Å². The summed E-state index contributed by atoms with van der Waals surface area (Å²) >= 11 is 1.57. The topological polar surface area (TPSA) is 24.9 Å². The molecule has 1 fully saturated rings. The summed E-state index contributed by atoms with van der Waals surface area (Å²) in [4.78, 5) is 5.29. The lowest BCUT2D eigenvalue weighted by molar-refractivity contribution is 0.523. The van der Waals surface area contributed by atoms with Gasteiger partial charge in [0.25, 0.3) is 0 Å². The average Bonchev–Trinajstić information content (AvgIpc) is 3.08. The molecule has 2 nitrogen and oxygen atoms in total. The van der Waals surface area contributed by atoms with Crippen LogP contribution >= 0.6 is 11.3 Å². The highest BCUT2D eigenvalue weighted by Gasteiger charge is 2.15. The Morgan fingerprint density at radius 3 is 2.84 bits per heavy atom. The Balaban J connectivity index is 1.67. The summed E-state index contributed by atoms with van der Waals surface area (Å²) in [5.74, 6) is -0.179. The number of hydrogen-bond acceptors (Lipinski definition) is 3. The molecule has 1 saturated carbocycles. The third-order valence-corrected chi connectivity index (χ3v) is 4.62. The van der Waals surface area contributed by atoms with Gasteiger partial charge in [-0.1, -0.05) is 31.0 Å². The van der Waals surface area contributed by atoms with Crippen molar-refractivity contribution in [3.05, 3.63) is 41.3 Å². The molecule has 1 aromatic heterocycles. The van der Waals surface area contributed by atoms with Crippen molar-refractivity contribution >= 4 is 11.3 Å². The molecule has 0 radical (unpaired) electrons. The molecule has 3 rings (SSSR count). The Hall–Kier alpha value is -1.26. The number of nitrogens with zero attached hydrogens (tertiary/aromatic N) is 1. The molecule has 1 N–H and O–H groups in total. The normalized spacial score (nSPS) is 16.1. The lowest BCUT2D eigenvalue weighted by atomic mass is 10.2. The van der Waals surface area contributed by atoms with Crippen LogP contribution in [0.15, 0.2) is 30.5 Å². The largest absolute Gasteiger partial charge is 0.308 e. The first-order chi connectivity index (χ1) is 9.33. The first kappa shape index (κ1) is 12.8. The van der Waals surface area contributed by atoms with E-state index < -0.39 is 0 Å². The third-order valence-electron chi connectivity index (χ3n) is 3.59. The van der Waals surface area contributed by atoms with E-state index in [9.17, 15) is 4.39 Å². The lowest BCUT2D eigenvalue weighted by Gasteiger charge is -2.09. The fourth-order valence-corrected chi connectivity index (χ4v) is 3.43. The van der Waals surface area contributed by atoms with Crippen LogP contribution in [0.4, 0.5) is 4.39 Å². The second kappa shape index (κ2) is 5.80. The minimum atomic E-state index is -0.179. The summed E-state index contributed by atoms with van der Waals surface area (Å²) in [6, 6.07) is 7.50. The maximum absolute atomic E-state index is 13.7. The van der Waals surface area contributed by atoms with Gasteiger partial charge in [0.2, 0.25) is 0 Å². The predicted octanol–water partition coefficient (Wildman–Crippen LogP) is 3.98. The summed E-state index contributed by atoms with van der Waals surface area (Å²) < 4.78 is 13.7. The van der Waals surface area contributed by atoms with Crippen molar-refractivity contribution in [2.45, 2.75) is 38.3 Å². The lowest BCUT2D eigenvalue weighted by Crippen LogP contribution is -2.25. The smallest absolute Gasteiger partial charge is 0.131 e. The van der Waals surface area contributed by atoms with Crippen LogP contribution in [0.1, 0.15) is 30.7 Å². The van der Waals surface area contributed by atoms with Gasteiger partial charge in [0.05, 0.1) is 4.88 Å². The van der Waals surface area contributed by atoms with Gasteiger partial charge in [0.1, 0.15) is 10.8 Å². The summed E-state index contributed by atoms with van der Waals surface area (Å²) in [5.41, 5.74) is 0.645. The second-order valence-corrected chi connectivity index (χ2v) is 6.08. The van der Waals surface area contributed by atoms with Gasteiger partial charge in [-0.05, 0) is 18.9 Å². The van der Waals surface area contributed by atoms with Gasteiger partial charge < -0.3 is 5.32 Å². The molecule has 1 heterocycles. The fourth-order valence-electron chi connectivity index (χ4n) is 2.54. The summed E-state index contributed by atoms with van der Waals surface area (Å²) in [7, 11) is 0. The number of nitrogens with one attached hydrogen (secondary N) is 1. The highest BCUT2D eigenvalue weighted by Crippen LogP contribution is 2.28. The highest BCUT2D eigenvalue weighted by atomic mass is 32.1. The molecule has 4 heteroatoms. The molecule has 0 amide bonds. The van der Waals surface area contributed by atoms with Crippen molar-refractivity contribution in [1.29, 1.82) is 0 Å². The van der Waals surface area contributed by atoms with Crippen LogP contribution in [-0.2, 0) is 6.54 Å². The van der Waals surface area contributed by atoms with E-state index in [4.69, 9.17) is 0 Å². The van der Waals surface area contributed by atoms with Crippen molar-refractivity contribution in [3.63, 3.8) is 0 Å². The monoisotopic (exact) mass is 276 g/mol. The van der Waals surface area contributed by atoms with Crippen molar-refractivity contribution < 1.29 is 4.39 Å². The van der Waals surface area contributed by atoms with E-state index in [0.29, 0.717) is 11.6 Å². The SMILES string of the molecule is Fc1ccccc1-c1cnc(CNC2CCCC2)s1. The average molecular weight is 276 g/mol. The van der Waals surface area contributed by atoms with Crippen molar-refractivity contribution in [1.82, 2.24) is 10.3 Å². The van der Waals surface area contributed by atoms with Crippen LogP contribution in [0, 0.1) is 5.82 Å². The zero-order chi connectivity index (χ0) is 13.1. The number of halogens is 1. The van der Waals surface area contributed by atoms with Gasteiger partial charge in [0, 0.05) is 24.3 Å². The maximum atomic E-state index is 13.7. The molecule has 0 spiro atoms. The molecular weight excluding hydrogens is 259 g/mol. The van der Waals surface area contributed by atoms with Crippen molar-refractivity contribution in [2.75, 3.05) is 0 Å². The number of thiazole rings is 1. The first-order valence-corrected chi connectivity index (χ1v) is 7.57. The molecule has 1 aliphatic rings. The highest BCUT2D eigenvalue weighted by molar-refractivity contribution is 7.15. The van der Waals surface area contributed by atoms with E-state index in [1.807, 2.05) is 6.07 Å². The standard InChI is InChI=1S/C15H17FN2S/c16-13-8-4-3-7-12(13)14-9-18-15(19-14)10-17-11-5-1-2-6-11/h3-4,7-9,11,17H,1-2,5-6,10H2. The molecule has 0 unspecified atom stereocenters. The van der Waals surface area contributed by atoms with E-state index in [1.54, 1.807) is 29.7 Å². The number of hydrogen-bond donors (Lipinski definition) is 1. The Kier molecular flexibility index (Phi) is 3.89. The van der Waals surface area contributed by atoms with Crippen molar-refractivity contribution in [3.8, 4) is 10.4 Å². The molecule has 2 aromatic rings. The van der Waals surface area contributed by atoms with Crippen molar-refractivity contribution in [2.24, 2.45) is 0 Å². The Bertz CT molecular complexity index is 547. The Morgan fingerprint density at radius 2 is 2.05 bits per heavy atom. The fraction of sp³-hybridized carbons (Fsp3) is 0.400. The quantitative estimate of drug-likeness (QED) is 0.913. The molecule has 1 aromatic carbocycles. The van der Waals surface area contributed by atoms with Gasteiger partial charge in [-0.3, -0.25) is 0 Å². The van der Waals surface area contributed by atoms with E-state index in [-0.39, 0.29) is 5.82 Å². The predicted molar refractivity (Wildman–Crippen MR) is 76.6 cm³/mol. The molecule has 19 heavy (non-hydrogen) atoms. The van der Waals surface area contributed by atoms with Crippen LogP contribution in [0.3, 0.4) is 0 Å². The molecule has 1 aliphatic carbocycles. The summed E-state index contributed by atoms with van der Waals surface area (Å²) in [6.07, 6.45) is 6.97. The minimum Gasteiger partial charge on any atom is -0.308 e. The molecule has 0 aliphatic heterocycles. The number of rotatable bonds is 4. The van der Waals surface area contributed by atoms with E-state index >= 15 is 0 Å². The molecule has 0 atom stereocenters. The third kappa shape index (κ3) is 3.01. The van der Waals surface area contributed by atoms with E-state index in [1.165, 1.54) is 31.7 Å². The van der Waals surface area contributed by atoms with Crippen LogP contribution in [0.2, 0.25) is 0 Å². The van der Waals surface area contributed by atoms with Crippen LogP contribution in [-0.4, -0.2) is 11.0 Å². The van der Waals surface area contributed by atoms with E-state index in [0.717, 1.165) is 16.4 Å². The minimum absolute atomic E-state index is 0.179. The first-order valence-electron chi connectivity index (χ1n) is 6.76. The van der Waals surface area contributed by atoms with Gasteiger partial charge >= 0.3 is 0 Å². The summed E-state index contributed by atoms with van der Waals surface area (Å²) in [5, 5.41) is 4.56. The zero-order valence-electron chi connectivity index (χ0n) is 10.7. The number of aromatic nitrogens is 1. The maximum Gasteiger partial charge on any atom is 0.131 e. The van der Waals surface area contributed by atoms with Gasteiger partial charge in [-0.2, -0.15) is 0 Å². The van der Waals surface area contributed by atoms with E-state index in [2.05, 4.69) is 10.3 Å². The summed E-state index contributed by atoms with van der Waals surface area (Å²) in [6.45, 7) is 0.795. The van der Waals surface area contributed by atoms with Gasteiger partial charge in [-0.25, -0.2) is 9.37 Å². The Morgan fingerprint density at radius 1 is 1.26 bits per heavy atom. The zero-order valence-corrected chi connectivity index (χ0v) is 11.5. The molecular formula is C15H17FN2S. The van der Waals surface area contributed by atoms with Crippen LogP contribution in [0.5, 0.6) is 0 Å². The second-order valence-electron chi connectivity index (χ2n) is 4.96. The molecule has 0 saturated heterocycles.